The summed E-state index contributed by atoms with van der Waals surface area (Å²) < 4.78 is 48.8. The summed E-state index contributed by atoms with van der Waals surface area (Å²) in [4.78, 5) is 7.58. The minimum Gasteiger partial charge on any atom is -0.443 e. The highest BCUT2D eigenvalue weighted by Crippen LogP contribution is 2.29. The lowest BCUT2D eigenvalue weighted by Gasteiger charge is -2.08. The zero-order valence-corrected chi connectivity index (χ0v) is 19.1. The molecule has 8 nitrogen and oxygen atoms in total. The number of hydrogen-bond donors (Lipinski definition) is 2. The summed E-state index contributed by atoms with van der Waals surface area (Å²) in [6, 6.07) is 14.0. The molecule has 0 radical (unpaired) electrons. The molecule has 0 spiro atoms. The summed E-state index contributed by atoms with van der Waals surface area (Å²) in [5, 5.41) is 11.6. The van der Waals surface area contributed by atoms with Crippen LogP contribution in [0.4, 0.5) is 18.9 Å². The summed E-state index contributed by atoms with van der Waals surface area (Å²) in [5.74, 6) is 0.0678. The van der Waals surface area contributed by atoms with Gasteiger partial charge in [0.2, 0.25) is 5.89 Å². The van der Waals surface area contributed by atoms with Gasteiger partial charge in [0.15, 0.2) is 0 Å². The van der Waals surface area contributed by atoms with E-state index in [0.717, 1.165) is 31.5 Å². The van der Waals surface area contributed by atoms with E-state index in [2.05, 4.69) is 42.5 Å². The van der Waals surface area contributed by atoms with Gasteiger partial charge in [-0.1, -0.05) is 17.3 Å². The number of hydrogen-bond acceptors (Lipinski definition) is 6. The van der Waals surface area contributed by atoms with Crippen LogP contribution in [0.15, 0.2) is 71.6 Å². The molecular formula is C25H23F3N6O2. The van der Waals surface area contributed by atoms with Gasteiger partial charge in [0.1, 0.15) is 17.7 Å². The van der Waals surface area contributed by atoms with Crippen LogP contribution in [0.1, 0.15) is 24.1 Å². The van der Waals surface area contributed by atoms with Crippen LogP contribution < -0.4 is 10.1 Å². The Bertz CT molecular complexity index is 1410. The number of H-pyrrole nitrogens is 1. The third kappa shape index (κ3) is 6.04. The number of aryl methyl sites for hydroxylation is 2. The Labute approximate surface area is 204 Å². The van der Waals surface area contributed by atoms with Gasteiger partial charge in [-0.25, -0.2) is 4.98 Å². The summed E-state index contributed by atoms with van der Waals surface area (Å²) in [6.07, 6.45) is 3.46. The van der Waals surface area contributed by atoms with E-state index in [4.69, 9.17) is 4.42 Å². The lowest BCUT2D eigenvalue weighted by Crippen LogP contribution is -2.16. The number of aromatic nitrogens is 5. The van der Waals surface area contributed by atoms with Crippen molar-refractivity contribution in [1.29, 1.82) is 0 Å². The van der Waals surface area contributed by atoms with Crippen molar-refractivity contribution >= 4 is 16.6 Å². The molecular weight excluding hydrogens is 473 g/mol. The molecule has 11 heteroatoms. The van der Waals surface area contributed by atoms with Crippen LogP contribution >= 0.6 is 0 Å². The van der Waals surface area contributed by atoms with Crippen molar-refractivity contribution in [3.05, 3.63) is 78.4 Å². The lowest BCUT2D eigenvalue weighted by molar-refractivity contribution is -0.274. The number of rotatable bonds is 10. The van der Waals surface area contributed by atoms with Gasteiger partial charge in [0.05, 0.1) is 18.4 Å². The molecule has 0 aliphatic rings. The smallest absolute Gasteiger partial charge is 0.443 e. The fourth-order valence-corrected chi connectivity index (χ4v) is 3.87. The van der Waals surface area contributed by atoms with E-state index in [9.17, 15) is 13.2 Å². The molecule has 36 heavy (non-hydrogen) atoms. The van der Waals surface area contributed by atoms with Gasteiger partial charge in [-0.15, -0.1) is 18.3 Å². The minimum absolute atomic E-state index is 0.282. The number of fused-ring (bicyclic) bond motifs is 1. The highest BCUT2D eigenvalue weighted by molar-refractivity contribution is 5.85. The molecule has 0 aliphatic heterocycles. The Morgan fingerprint density at radius 2 is 1.92 bits per heavy atom. The van der Waals surface area contributed by atoms with Crippen LogP contribution in [0.5, 0.6) is 5.75 Å². The van der Waals surface area contributed by atoms with Crippen LogP contribution in [0.25, 0.3) is 22.5 Å². The Hall–Kier alpha value is -4.28. The maximum atomic E-state index is 12.5. The molecule has 2 N–H and O–H groups in total. The standard InChI is InChI=1S/C25H23F3N6O2/c26-25(27,28)36-21-8-9-22-18(13-21)14-23(32-22)24-31-20(16-35-24)15-29-19-6-4-17(5-7-19)3-1-2-11-34-12-10-30-33-34/h4-10,12-14,16,29,32H,1-3,11,15H2. The first-order chi connectivity index (χ1) is 17.4. The molecule has 3 heterocycles. The average molecular weight is 496 g/mol. The highest BCUT2D eigenvalue weighted by atomic mass is 19.4. The third-order valence-corrected chi connectivity index (χ3v) is 5.61. The van der Waals surface area contributed by atoms with Gasteiger partial charge in [0, 0.05) is 29.3 Å². The number of nitrogens with one attached hydrogen (secondary N) is 2. The fraction of sp³-hybridized carbons (Fsp3) is 0.240. The molecule has 5 rings (SSSR count). The van der Waals surface area contributed by atoms with Crippen LogP contribution in [-0.4, -0.2) is 31.3 Å². The molecule has 2 aromatic carbocycles. The lowest BCUT2D eigenvalue weighted by atomic mass is 10.1. The summed E-state index contributed by atoms with van der Waals surface area (Å²) in [6.45, 7) is 1.33. The number of anilines is 1. The first kappa shape index (κ1) is 23.5. The van der Waals surface area contributed by atoms with Crippen molar-refractivity contribution in [1.82, 2.24) is 25.0 Å². The maximum absolute atomic E-state index is 12.5. The summed E-state index contributed by atoms with van der Waals surface area (Å²) in [5.41, 5.74) is 4.14. The van der Waals surface area contributed by atoms with Crippen LogP contribution in [0, 0.1) is 0 Å². The maximum Gasteiger partial charge on any atom is 0.573 e. The van der Waals surface area contributed by atoms with Gasteiger partial charge in [-0.3, -0.25) is 4.68 Å². The summed E-state index contributed by atoms with van der Waals surface area (Å²) in [7, 11) is 0. The number of halogens is 3. The van der Waals surface area contributed by atoms with Crippen molar-refractivity contribution in [3.63, 3.8) is 0 Å². The first-order valence-electron chi connectivity index (χ1n) is 11.4. The number of benzene rings is 2. The van der Waals surface area contributed by atoms with Crippen molar-refractivity contribution in [2.24, 2.45) is 0 Å². The number of ether oxygens (including phenoxy) is 1. The number of oxazole rings is 1. The third-order valence-electron chi connectivity index (χ3n) is 5.61. The van der Waals surface area contributed by atoms with E-state index in [0.29, 0.717) is 34.7 Å². The minimum atomic E-state index is -4.74. The molecule has 0 atom stereocenters. The van der Waals surface area contributed by atoms with Gasteiger partial charge in [-0.05, 0) is 61.2 Å². The van der Waals surface area contributed by atoms with E-state index in [1.165, 1.54) is 23.8 Å². The van der Waals surface area contributed by atoms with Crippen molar-refractivity contribution in [2.75, 3.05) is 5.32 Å². The Kier molecular flexibility index (Phi) is 6.61. The van der Waals surface area contributed by atoms with Gasteiger partial charge < -0.3 is 19.5 Å². The van der Waals surface area contributed by atoms with Crippen molar-refractivity contribution in [3.8, 4) is 17.3 Å². The Balaban J connectivity index is 1.13. The predicted molar refractivity (Wildman–Crippen MR) is 127 cm³/mol. The van der Waals surface area contributed by atoms with Crippen molar-refractivity contribution < 1.29 is 22.3 Å². The van der Waals surface area contributed by atoms with E-state index in [-0.39, 0.29) is 5.75 Å². The van der Waals surface area contributed by atoms with Crippen molar-refractivity contribution in [2.45, 2.75) is 38.7 Å². The Morgan fingerprint density at radius 1 is 1.06 bits per heavy atom. The normalized spacial score (nSPS) is 11.8. The predicted octanol–water partition coefficient (Wildman–Crippen LogP) is 5.95. The molecule has 0 saturated heterocycles. The van der Waals surface area contributed by atoms with Crippen LogP contribution in [0.2, 0.25) is 0 Å². The van der Waals surface area contributed by atoms with E-state index < -0.39 is 6.36 Å². The molecule has 0 amide bonds. The van der Waals surface area contributed by atoms with Crippen LogP contribution in [-0.2, 0) is 19.5 Å². The molecule has 186 valence electrons. The zero-order chi connectivity index (χ0) is 25.0. The first-order valence-corrected chi connectivity index (χ1v) is 11.4. The molecule has 0 fully saturated rings. The fourth-order valence-electron chi connectivity index (χ4n) is 3.87. The largest absolute Gasteiger partial charge is 0.573 e. The molecule has 5 aromatic rings. The van der Waals surface area contributed by atoms with E-state index in [1.807, 2.05) is 23.0 Å². The second-order valence-corrected chi connectivity index (χ2v) is 8.30. The van der Waals surface area contributed by atoms with Gasteiger partial charge >= 0.3 is 6.36 Å². The molecule has 0 bridgehead atoms. The summed E-state index contributed by atoms with van der Waals surface area (Å²) >= 11 is 0. The molecule has 3 aromatic heterocycles. The average Bonchev–Trinajstić information content (AvgIpc) is 3.61. The topological polar surface area (TPSA) is 93.8 Å². The second kappa shape index (κ2) is 10.1. The number of alkyl halides is 3. The number of unbranched alkanes of at least 4 members (excludes halogenated alkanes) is 1. The van der Waals surface area contributed by atoms with Gasteiger partial charge in [0.25, 0.3) is 0 Å². The van der Waals surface area contributed by atoms with Crippen LogP contribution in [0.3, 0.4) is 0 Å². The number of nitrogens with zero attached hydrogens (tertiary/aromatic N) is 4. The SMILES string of the molecule is FC(F)(F)Oc1ccc2[nH]c(-c3nc(CNc4ccc(CCCCn5ccnn5)cc4)co3)cc2c1. The highest BCUT2D eigenvalue weighted by Gasteiger charge is 2.31. The Morgan fingerprint density at radius 3 is 2.69 bits per heavy atom. The zero-order valence-electron chi connectivity index (χ0n) is 19.1. The second-order valence-electron chi connectivity index (χ2n) is 8.30. The molecule has 0 saturated carbocycles. The van der Waals surface area contributed by atoms with E-state index in [1.54, 1.807) is 18.5 Å². The van der Waals surface area contributed by atoms with Gasteiger partial charge in [-0.2, -0.15) is 0 Å². The monoisotopic (exact) mass is 496 g/mol. The molecule has 0 unspecified atom stereocenters. The quantitative estimate of drug-likeness (QED) is 0.232. The molecule has 0 aliphatic carbocycles. The number of aromatic amines is 1. The van der Waals surface area contributed by atoms with E-state index >= 15 is 0 Å².